The summed E-state index contributed by atoms with van der Waals surface area (Å²) < 4.78 is 0. The lowest BCUT2D eigenvalue weighted by Crippen LogP contribution is -2.46. The highest BCUT2D eigenvalue weighted by Gasteiger charge is 2.33. The molecule has 5 heteroatoms. The summed E-state index contributed by atoms with van der Waals surface area (Å²) in [6.07, 6.45) is 3.71. The third kappa shape index (κ3) is 4.08. The van der Waals surface area contributed by atoms with Crippen molar-refractivity contribution in [2.24, 2.45) is 0 Å². The van der Waals surface area contributed by atoms with Crippen molar-refractivity contribution >= 4 is 17.3 Å². The lowest BCUT2D eigenvalue weighted by Gasteiger charge is -2.36. The van der Waals surface area contributed by atoms with Crippen LogP contribution in [0.5, 0.6) is 0 Å². The summed E-state index contributed by atoms with van der Waals surface area (Å²) in [7, 11) is 0. The molecule has 24 heavy (non-hydrogen) atoms. The van der Waals surface area contributed by atoms with Crippen molar-refractivity contribution in [1.82, 2.24) is 4.90 Å². The van der Waals surface area contributed by atoms with E-state index in [0.29, 0.717) is 0 Å². The van der Waals surface area contributed by atoms with Crippen LogP contribution < -0.4 is 10.2 Å². The van der Waals surface area contributed by atoms with Gasteiger partial charge in [-0.2, -0.15) is 0 Å². The predicted octanol–water partition coefficient (Wildman–Crippen LogP) is 2.46. The van der Waals surface area contributed by atoms with Crippen LogP contribution in [0.15, 0.2) is 24.3 Å². The molecule has 2 fully saturated rings. The number of carbonyl (C=O) groups is 1. The van der Waals surface area contributed by atoms with Crippen molar-refractivity contribution in [3.8, 4) is 0 Å². The monoisotopic (exact) mass is 331 g/mol. The number of para-hydroxylation sites is 2. The van der Waals surface area contributed by atoms with Crippen LogP contribution in [-0.4, -0.2) is 54.2 Å². The van der Waals surface area contributed by atoms with E-state index in [9.17, 15) is 9.90 Å². The largest absolute Gasteiger partial charge is 0.389 e. The van der Waals surface area contributed by atoms with E-state index in [0.717, 1.165) is 69.8 Å². The minimum absolute atomic E-state index is 0.0842. The van der Waals surface area contributed by atoms with Crippen LogP contribution >= 0.6 is 0 Å². The number of benzene rings is 1. The Hall–Kier alpha value is -1.59. The van der Waals surface area contributed by atoms with E-state index < -0.39 is 5.60 Å². The number of carbonyl (C=O) groups excluding carboxylic acids is 1. The van der Waals surface area contributed by atoms with Crippen molar-refractivity contribution in [2.75, 3.05) is 42.9 Å². The molecule has 1 aliphatic carbocycles. The maximum Gasteiger partial charge on any atom is 0.227 e. The van der Waals surface area contributed by atoms with Crippen LogP contribution in [0.4, 0.5) is 11.4 Å². The molecule has 1 saturated heterocycles. The summed E-state index contributed by atoms with van der Waals surface area (Å²) >= 11 is 0. The Balaban J connectivity index is 1.65. The molecule has 1 saturated carbocycles. The molecule has 0 spiro atoms. The van der Waals surface area contributed by atoms with Gasteiger partial charge in [-0.05, 0) is 31.5 Å². The molecule has 0 aromatic heterocycles. The first-order chi connectivity index (χ1) is 11.6. The van der Waals surface area contributed by atoms with E-state index in [4.69, 9.17) is 0 Å². The topological polar surface area (TPSA) is 55.8 Å². The first-order valence-electron chi connectivity index (χ1n) is 9.18. The number of aliphatic hydroxyl groups is 1. The molecule has 1 aromatic carbocycles. The average Bonchev–Trinajstić information content (AvgIpc) is 3.01. The van der Waals surface area contributed by atoms with Crippen LogP contribution in [0, 0.1) is 0 Å². The fraction of sp³-hybridized carbons (Fsp3) is 0.632. The first kappa shape index (κ1) is 17.2. The molecule has 2 N–H and O–H groups in total. The van der Waals surface area contributed by atoms with Crippen LogP contribution in [0.1, 0.15) is 39.0 Å². The number of rotatable bonds is 5. The molecule has 0 bridgehead atoms. The Morgan fingerprint density at radius 2 is 1.83 bits per heavy atom. The molecule has 0 atom stereocenters. The highest BCUT2D eigenvalue weighted by Crippen LogP contribution is 2.33. The Morgan fingerprint density at radius 3 is 2.50 bits per heavy atom. The summed E-state index contributed by atoms with van der Waals surface area (Å²) in [5.41, 5.74) is 1.14. The minimum atomic E-state index is -0.800. The number of nitrogens with one attached hydrogen (secondary N) is 1. The number of amides is 1. The maximum atomic E-state index is 12.4. The van der Waals surface area contributed by atoms with Crippen LogP contribution in [0.3, 0.4) is 0 Å². The van der Waals surface area contributed by atoms with Gasteiger partial charge >= 0.3 is 0 Å². The number of nitrogens with zero attached hydrogens (tertiary/aromatic N) is 2. The van der Waals surface area contributed by atoms with Gasteiger partial charge in [-0.3, -0.25) is 4.79 Å². The highest BCUT2D eigenvalue weighted by molar-refractivity contribution is 5.95. The van der Waals surface area contributed by atoms with E-state index in [2.05, 4.69) is 28.1 Å². The Bertz CT molecular complexity index is 561. The Kier molecular flexibility index (Phi) is 5.41. The van der Waals surface area contributed by atoms with Crippen molar-refractivity contribution in [2.45, 2.75) is 44.6 Å². The van der Waals surface area contributed by atoms with Crippen LogP contribution in [0.2, 0.25) is 0 Å². The van der Waals surface area contributed by atoms with Gasteiger partial charge in [-0.1, -0.05) is 31.9 Å². The molecule has 1 aromatic rings. The Labute approximate surface area is 144 Å². The molecule has 1 heterocycles. The lowest BCUT2D eigenvalue weighted by atomic mass is 9.97. The third-order valence-corrected chi connectivity index (χ3v) is 5.36. The molecular weight excluding hydrogens is 302 g/mol. The second-order valence-corrected chi connectivity index (χ2v) is 7.09. The van der Waals surface area contributed by atoms with Gasteiger partial charge in [0.25, 0.3) is 0 Å². The zero-order valence-electron chi connectivity index (χ0n) is 14.6. The summed E-state index contributed by atoms with van der Waals surface area (Å²) in [4.78, 5) is 17.2. The molecule has 5 nitrogen and oxygen atoms in total. The van der Waals surface area contributed by atoms with E-state index in [1.807, 2.05) is 18.2 Å². The summed E-state index contributed by atoms with van der Waals surface area (Å²) in [5.74, 6) is -0.0842. The Morgan fingerprint density at radius 1 is 1.17 bits per heavy atom. The zero-order chi connectivity index (χ0) is 17.0. The first-order valence-corrected chi connectivity index (χ1v) is 9.18. The standard InChI is InChI=1S/C19H29N3O2/c1-2-21-11-13-22(14-12-21)17-8-4-3-7-16(17)20-18(23)15-19(24)9-5-6-10-19/h3-4,7-8,24H,2,5-6,9-15H2,1H3,(H,20,23). The highest BCUT2D eigenvalue weighted by atomic mass is 16.3. The number of hydrogen-bond donors (Lipinski definition) is 2. The van der Waals surface area contributed by atoms with Gasteiger partial charge in [0, 0.05) is 26.2 Å². The average molecular weight is 331 g/mol. The molecule has 1 aliphatic heterocycles. The van der Waals surface area contributed by atoms with Crippen LogP contribution in [-0.2, 0) is 4.79 Å². The number of piperazine rings is 1. The van der Waals surface area contributed by atoms with E-state index >= 15 is 0 Å². The second kappa shape index (κ2) is 7.53. The number of anilines is 2. The van der Waals surface area contributed by atoms with Crippen molar-refractivity contribution in [3.63, 3.8) is 0 Å². The molecule has 0 radical (unpaired) electrons. The summed E-state index contributed by atoms with van der Waals surface area (Å²) in [5, 5.41) is 13.5. The number of likely N-dealkylation sites (N-methyl/N-ethyl adjacent to an activating group) is 1. The van der Waals surface area contributed by atoms with Gasteiger partial charge in [0.15, 0.2) is 0 Å². The maximum absolute atomic E-state index is 12.4. The number of hydrogen-bond acceptors (Lipinski definition) is 4. The molecular formula is C19H29N3O2. The van der Waals surface area contributed by atoms with Crippen molar-refractivity contribution in [1.29, 1.82) is 0 Å². The second-order valence-electron chi connectivity index (χ2n) is 7.09. The smallest absolute Gasteiger partial charge is 0.227 e. The van der Waals surface area contributed by atoms with Gasteiger partial charge in [-0.25, -0.2) is 0 Å². The quantitative estimate of drug-likeness (QED) is 0.870. The molecule has 3 rings (SSSR count). The van der Waals surface area contributed by atoms with E-state index in [-0.39, 0.29) is 12.3 Å². The summed E-state index contributed by atoms with van der Waals surface area (Å²) in [6, 6.07) is 7.99. The summed E-state index contributed by atoms with van der Waals surface area (Å²) in [6.45, 7) is 7.34. The molecule has 132 valence electrons. The zero-order valence-corrected chi connectivity index (χ0v) is 14.6. The van der Waals surface area contributed by atoms with Crippen molar-refractivity contribution < 1.29 is 9.90 Å². The molecule has 2 aliphatic rings. The fourth-order valence-corrected chi connectivity index (χ4v) is 3.86. The van der Waals surface area contributed by atoms with Gasteiger partial charge in [0.05, 0.1) is 23.4 Å². The van der Waals surface area contributed by atoms with Crippen LogP contribution in [0.25, 0.3) is 0 Å². The molecule has 0 unspecified atom stereocenters. The SMILES string of the molecule is CCN1CCN(c2ccccc2NC(=O)CC2(O)CCCC2)CC1. The van der Waals surface area contributed by atoms with Gasteiger partial charge < -0.3 is 20.2 Å². The normalized spacial score (nSPS) is 21.0. The lowest BCUT2D eigenvalue weighted by molar-refractivity contribution is -0.120. The van der Waals surface area contributed by atoms with Crippen molar-refractivity contribution in [3.05, 3.63) is 24.3 Å². The fourth-order valence-electron chi connectivity index (χ4n) is 3.86. The van der Waals surface area contributed by atoms with Gasteiger partial charge in [0.2, 0.25) is 5.91 Å². The van der Waals surface area contributed by atoms with E-state index in [1.54, 1.807) is 0 Å². The molecule has 1 amide bonds. The minimum Gasteiger partial charge on any atom is -0.389 e. The van der Waals surface area contributed by atoms with Gasteiger partial charge in [0.1, 0.15) is 0 Å². The van der Waals surface area contributed by atoms with Gasteiger partial charge in [-0.15, -0.1) is 0 Å². The van der Waals surface area contributed by atoms with E-state index in [1.165, 1.54) is 0 Å². The third-order valence-electron chi connectivity index (χ3n) is 5.36. The predicted molar refractivity (Wildman–Crippen MR) is 97.4 cm³/mol.